The summed E-state index contributed by atoms with van der Waals surface area (Å²) in [5, 5.41) is 8.37. The Bertz CT molecular complexity index is 663. The van der Waals surface area contributed by atoms with E-state index in [9.17, 15) is 8.42 Å². The van der Waals surface area contributed by atoms with E-state index in [0.717, 1.165) is 4.88 Å². The van der Waals surface area contributed by atoms with Gasteiger partial charge in [0.2, 0.25) is 15.9 Å². The monoisotopic (exact) mass is 316 g/mol. The molecule has 0 aliphatic heterocycles. The Morgan fingerprint density at radius 1 is 1.45 bits per heavy atom. The highest BCUT2D eigenvalue weighted by molar-refractivity contribution is 7.89. The average Bonchev–Trinajstić information content (AvgIpc) is 2.99. The molecule has 0 unspecified atom stereocenters. The van der Waals surface area contributed by atoms with Gasteiger partial charge in [-0.3, -0.25) is 0 Å². The fraction of sp³-hybridized carbons (Fsp3) is 0.455. The van der Waals surface area contributed by atoms with E-state index in [2.05, 4.69) is 20.2 Å². The normalized spacial score (nSPS) is 11.9. The highest BCUT2D eigenvalue weighted by atomic mass is 32.2. The summed E-state index contributed by atoms with van der Waals surface area (Å²) >= 11 is 1.41. The van der Waals surface area contributed by atoms with Gasteiger partial charge in [-0.25, -0.2) is 13.1 Å². The van der Waals surface area contributed by atoms with Crippen LogP contribution in [0.15, 0.2) is 20.9 Å². The summed E-state index contributed by atoms with van der Waals surface area (Å²) < 4.78 is 31.8. The molecule has 110 valence electrons. The van der Waals surface area contributed by atoms with Crippen molar-refractivity contribution in [1.82, 2.24) is 20.2 Å². The van der Waals surface area contributed by atoms with E-state index in [1.54, 1.807) is 25.4 Å². The van der Waals surface area contributed by atoms with Gasteiger partial charge in [0.05, 0.1) is 4.90 Å². The predicted molar refractivity (Wildman–Crippen MR) is 75.0 cm³/mol. The summed E-state index contributed by atoms with van der Waals surface area (Å²) in [5.41, 5.74) is 0. The van der Waals surface area contributed by atoms with Gasteiger partial charge in [-0.15, -0.1) is 11.3 Å². The quantitative estimate of drug-likeness (QED) is 0.779. The number of thiophene rings is 1. The van der Waals surface area contributed by atoms with Crippen LogP contribution in [0.2, 0.25) is 0 Å². The Hall–Kier alpha value is -1.29. The predicted octanol–water partition coefficient (Wildman–Crippen LogP) is 0.680. The molecule has 20 heavy (non-hydrogen) atoms. The summed E-state index contributed by atoms with van der Waals surface area (Å²) in [6.07, 6.45) is 0.367. The maximum atomic E-state index is 12.2. The third kappa shape index (κ3) is 3.63. The van der Waals surface area contributed by atoms with Crippen LogP contribution in [0.5, 0.6) is 0 Å². The third-order valence-corrected chi connectivity index (χ3v) is 5.13. The maximum Gasteiger partial charge on any atom is 0.241 e. The topological polar surface area (TPSA) is 97.1 Å². The van der Waals surface area contributed by atoms with Gasteiger partial charge in [0, 0.05) is 24.4 Å². The van der Waals surface area contributed by atoms with Crippen molar-refractivity contribution in [2.45, 2.75) is 24.8 Å². The van der Waals surface area contributed by atoms with Crippen LogP contribution in [0.3, 0.4) is 0 Å². The van der Waals surface area contributed by atoms with Gasteiger partial charge < -0.3 is 9.84 Å². The number of nitrogens with zero attached hydrogens (tertiary/aromatic N) is 2. The largest absolute Gasteiger partial charge is 0.339 e. The molecule has 0 saturated carbocycles. The average molecular weight is 316 g/mol. The SMILES string of the molecule is CNCc1sccc1S(=O)(=O)NCCc1nc(C)no1. The standard InChI is InChI=1S/C11H16N4O3S2/c1-8-14-11(18-15-8)3-5-13-20(16,17)10-4-6-19-9(10)7-12-2/h4,6,12-13H,3,5,7H2,1-2H3. The van der Waals surface area contributed by atoms with Gasteiger partial charge in [0.25, 0.3) is 0 Å². The van der Waals surface area contributed by atoms with E-state index in [4.69, 9.17) is 4.52 Å². The molecule has 9 heteroatoms. The number of aryl methyl sites for hydroxylation is 1. The van der Waals surface area contributed by atoms with Crippen LogP contribution in [0.1, 0.15) is 16.6 Å². The van der Waals surface area contributed by atoms with Crippen molar-refractivity contribution in [2.24, 2.45) is 0 Å². The molecule has 2 N–H and O–H groups in total. The molecule has 0 aromatic carbocycles. The van der Waals surface area contributed by atoms with Crippen LogP contribution in [-0.2, 0) is 23.0 Å². The van der Waals surface area contributed by atoms with Gasteiger partial charge in [0.1, 0.15) is 0 Å². The van der Waals surface area contributed by atoms with Crippen LogP contribution in [0, 0.1) is 6.92 Å². The van der Waals surface area contributed by atoms with Crippen molar-refractivity contribution < 1.29 is 12.9 Å². The van der Waals surface area contributed by atoms with Crippen LogP contribution < -0.4 is 10.0 Å². The minimum absolute atomic E-state index is 0.221. The van der Waals surface area contributed by atoms with Crippen molar-refractivity contribution >= 4 is 21.4 Å². The summed E-state index contributed by atoms with van der Waals surface area (Å²) in [7, 11) is -1.72. The highest BCUT2D eigenvalue weighted by Gasteiger charge is 2.19. The van der Waals surface area contributed by atoms with Gasteiger partial charge in [-0.2, -0.15) is 4.98 Å². The van der Waals surface area contributed by atoms with Gasteiger partial charge in [-0.05, 0) is 25.4 Å². The molecular formula is C11H16N4O3S2. The number of rotatable bonds is 7. The van der Waals surface area contributed by atoms with Crippen LogP contribution in [0.25, 0.3) is 0 Å². The molecular weight excluding hydrogens is 300 g/mol. The van der Waals surface area contributed by atoms with Crippen molar-refractivity contribution in [2.75, 3.05) is 13.6 Å². The molecule has 0 fully saturated rings. The van der Waals surface area contributed by atoms with E-state index in [1.807, 2.05) is 0 Å². The van der Waals surface area contributed by atoms with Crippen molar-refractivity contribution in [3.05, 3.63) is 28.0 Å². The van der Waals surface area contributed by atoms with Crippen molar-refractivity contribution in [3.8, 4) is 0 Å². The molecule has 0 atom stereocenters. The zero-order chi connectivity index (χ0) is 14.6. The lowest BCUT2D eigenvalue weighted by molar-refractivity contribution is 0.375. The number of aromatic nitrogens is 2. The molecule has 0 saturated heterocycles. The highest BCUT2D eigenvalue weighted by Crippen LogP contribution is 2.21. The molecule has 0 bridgehead atoms. The zero-order valence-corrected chi connectivity index (χ0v) is 12.8. The van der Waals surface area contributed by atoms with Crippen LogP contribution in [-0.4, -0.2) is 32.2 Å². The molecule has 2 aromatic rings. The Morgan fingerprint density at radius 3 is 2.90 bits per heavy atom. The number of hydrogen-bond acceptors (Lipinski definition) is 7. The molecule has 7 nitrogen and oxygen atoms in total. The van der Waals surface area contributed by atoms with E-state index < -0.39 is 10.0 Å². The summed E-state index contributed by atoms with van der Waals surface area (Å²) in [6, 6.07) is 1.61. The first-order valence-corrected chi connectivity index (χ1v) is 8.39. The number of nitrogens with one attached hydrogen (secondary N) is 2. The Labute approximate surface area is 121 Å². The lowest BCUT2D eigenvalue weighted by Crippen LogP contribution is -2.26. The summed E-state index contributed by atoms with van der Waals surface area (Å²) in [6.45, 7) is 2.46. The molecule has 0 radical (unpaired) electrons. The summed E-state index contributed by atoms with van der Waals surface area (Å²) in [4.78, 5) is 5.12. The fourth-order valence-corrected chi connectivity index (χ4v) is 4.15. The van der Waals surface area contributed by atoms with E-state index in [1.165, 1.54) is 11.3 Å². The first-order chi connectivity index (χ1) is 9.53. The molecule has 0 amide bonds. The van der Waals surface area contributed by atoms with Crippen LogP contribution >= 0.6 is 11.3 Å². The molecule has 2 aromatic heterocycles. The smallest absolute Gasteiger partial charge is 0.241 e. The zero-order valence-electron chi connectivity index (χ0n) is 11.2. The van der Waals surface area contributed by atoms with E-state index in [-0.39, 0.29) is 6.54 Å². The lowest BCUT2D eigenvalue weighted by Gasteiger charge is -2.06. The molecule has 2 rings (SSSR count). The Balaban J connectivity index is 1.98. The van der Waals surface area contributed by atoms with Gasteiger partial charge >= 0.3 is 0 Å². The van der Waals surface area contributed by atoms with E-state index >= 15 is 0 Å². The Morgan fingerprint density at radius 2 is 2.25 bits per heavy atom. The first kappa shape index (κ1) is 15.1. The van der Waals surface area contributed by atoms with Crippen molar-refractivity contribution in [1.29, 1.82) is 0 Å². The van der Waals surface area contributed by atoms with Gasteiger partial charge in [0.15, 0.2) is 5.82 Å². The Kier molecular flexibility index (Phi) is 4.86. The minimum Gasteiger partial charge on any atom is -0.339 e. The fourth-order valence-electron chi connectivity index (χ4n) is 1.67. The molecule has 0 aliphatic rings. The van der Waals surface area contributed by atoms with Crippen molar-refractivity contribution in [3.63, 3.8) is 0 Å². The maximum absolute atomic E-state index is 12.2. The van der Waals surface area contributed by atoms with E-state index in [0.29, 0.717) is 29.6 Å². The first-order valence-electron chi connectivity index (χ1n) is 6.03. The number of sulfonamides is 1. The second-order valence-corrected chi connectivity index (χ2v) is 6.86. The number of hydrogen-bond donors (Lipinski definition) is 2. The second kappa shape index (κ2) is 6.44. The summed E-state index contributed by atoms with van der Waals surface area (Å²) in [5.74, 6) is 0.961. The molecule has 0 aliphatic carbocycles. The van der Waals surface area contributed by atoms with Crippen LogP contribution in [0.4, 0.5) is 0 Å². The lowest BCUT2D eigenvalue weighted by atomic mass is 10.4. The third-order valence-electron chi connectivity index (χ3n) is 2.53. The second-order valence-electron chi connectivity index (χ2n) is 4.12. The van der Waals surface area contributed by atoms with Gasteiger partial charge in [-0.1, -0.05) is 5.16 Å². The molecule has 2 heterocycles. The minimum atomic E-state index is -3.50. The molecule has 0 spiro atoms.